The lowest BCUT2D eigenvalue weighted by molar-refractivity contribution is 0.112. The maximum Gasteiger partial charge on any atom is 0.409 e. The van der Waals surface area contributed by atoms with Gasteiger partial charge >= 0.3 is 16.4 Å². The third-order valence-electron chi connectivity index (χ3n) is 5.43. The zero-order chi connectivity index (χ0) is 20.8. The highest BCUT2D eigenvalue weighted by Crippen LogP contribution is 2.47. The second-order valence-corrected chi connectivity index (χ2v) is 8.23. The number of methoxy groups -OCH3 is 1. The Morgan fingerprint density at radius 2 is 1.86 bits per heavy atom. The molecule has 1 N–H and O–H groups in total. The number of hydrogen-bond donors (Lipinski definition) is 1. The molecule has 4 rings (SSSR count). The highest BCUT2D eigenvalue weighted by atomic mass is 32.2. The van der Waals surface area contributed by atoms with Gasteiger partial charge in [-0.25, -0.2) is 13.6 Å². The minimum atomic E-state index is -4.63. The maximum atomic E-state index is 13.9. The third-order valence-corrected chi connectivity index (χ3v) is 6.43. The second-order valence-electron chi connectivity index (χ2n) is 6.95. The molecule has 2 atom stereocenters. The highest BCUT2D eigenvalue weighted by Gasteiger charge is 2.57. The van der Waals surface area contributed by atoms with Crippen molar-refractivity contribution in [2.75, 3.05) is 13.7 Å². The monoisotopic (exact) mass is 424 g/mol. The van der Waals surface area contributed by atoms with E-state index in [1.54, 1.807) is 12.1 Å². The zero-order valence-corrected chi connectivity index (χ0v) is 16.2. The number of benzene rings is 2. The van der Waals surface area contributed by atoms with E-state index in [0.717, 1.165) is 23.8 Å². The molecule has 0 radical (unpaired) electrons. The quantitative estimate of drug-likeness (QED) is 0.815. The number of likely N-dealkylation sites (tertiary alicyclic amines) is 1. The molecule has 7 nitrogen and oxygen atoms in total. The molecule has 1 aliphatic heterocycles. The molecule has 1 aliphatic carbocycles. The number of fused-ring (bicyclic) bond motifs is 3. The van der Waals surface area contributed by atoms with E-state index in [-0.39, 0.29) is 13.0 Å². The van der Waals surface area contributed by atoms with Crippen molar-refractivity contribution in [3.8, 4) is 5.75 Å². The van der Waals surface area contributed by atoms with Crippen LogP contribution in [0.25, 0.3) is 0 Å². The molecule has 0 saturated carbocycles. The predicted molar refractivity (Wildman–Crippen MR) is 98.4 cm³/mol. The van der Waals surface area contributed by atoms with E-state index < -0.39 is 45.4 Å². The Balaban J connectivity index is 1.72. The molecule has 1 fully saturated rings. The summed E-state index contributed by atoms with van der Waals surface area (Å²) >= 11 is 0. The van der Waals surface area contributed by atoms with Crippen molar-refractivity contribution in [3.05, 3.63) is 65.2 Å². The van der Waals surface area contributed by atoms with Crippen molar-refractivity contribution in [1.82, 2.24) is 9.62 Å². The van der Waals surface area contributed by atoms with E-state index >= 15 is 0 Å². The Morgan fingerprint density at radius 3 is 2.55 bits per heavy atom. The van der Waals surface area contributed by atoms with Gasteiger partial charge in [-0.05, 0) is 36.1 Å². The number of nitrogens with one attached hydrogen (secondary N) is 1. The molecule has 1 saturated heterocycles. The number of nitrogens with zero attached hydrogens (tertiary/aromatic N) is 1. The van der Waals surface area contributed by atoms with E-state index in [0.29, 0.717) is 12.0 Å². The van der Waals surface area contributed by atoms with Crippen molar-refractivity contribution in [2.45, 2.75) is 24.4 Å². The summed E-state index contributed by atoms with van der Waals surface area (Å²) in [6.45, 7) is 0.252. The van der Waals surface area contributed by atoms with Gasteiger partial charge in [-0.15, -0.1) is 0 Å². The van der Waals surface area contributed by atoms with Gasteiger partial charge in [-0.3, -0.25) is 0 Å². The summed E-state index contributed by atoms with van der Waals surface area (Å²) in [6.07, 6.45) is 0.0819. The number of halogens is 2. The fourth-order valence-corrected chi connectivity index (χ4v) is 5.47. The van der Waals surface area contributed by atoms with E-state index in [1.807, 2.05) is 12.1 Å². The van der Waals surface area contributed by atoms with Gasteiger partial charge in [0.05, 0.1) is 18.7 Å². The average Bonchev–Trinajstić information content (AvgIpc) is 3.17. The third kappa shape index (κ3) is 3.22. The number of rotatable bonds is 4. The SMILES string of the molecule is COC(=O)N1CC[C@]2(NS(=O)(=O)Oc3c(F)cccc3F)c3ccccc3C[C@H]12. The Kier molecular flexibility index (Phi) is 4.70. The van der Waals surface area contributed by atoms with E-state index in [4.69, 9.17) is 8.92 Å². The normalized spacial score (nSPS) is 22.9. The largest absolute Gasteiger partial charge is 0.453 e. The molecule has 1 amide bonds. The molecule has 0 unspecified atom stereocenters. The van der Waals surface area contributed by atoms with Crippen LogP contribution in [0.5, 0.6) is 5.75 Å². The number of amides is 1. The van der Waals surface area contributed by atoms with Crippen LogP contribution in [0.2, 0.25) is 0 Å². The van der Waals surface area contributed by atoms with Crippen molar-refractivity contribution >= 4 is 16.4 Å². The van der Waals surface area contributed by atoms with Crippen LogP contribution in [0, 0.1) is 11.6 Å². The van der Waals surface area contributed by atoms with Crippen molar-refractivity contribution in [1.29, 1.82) is 0 Å². The number of carbonyl (C=O) groups excluding carboxylic acids is 1. The topological polar surface area (TPSA) is 84.9 Å². The van der Waals surface area contributed by atoms with Gasteiger partial charge in [0.25, 0.3) is 0 Å². The first-order valence-electron chi connectivity index (χ1n) is 8.88. The Labute approximate surface area is 166 Å². The summed E-state index contributed by atoms with van der Waals surface area (Å²) < 4.78 is 65.3. The number of hydrogen-bond acceptors (Lipinski definition) is 5. The Hall–Kier alpha value is -2.72. The second kappa shape index (κ2) is 6.96. The summed E-state index contributed by atoms with van der Waals surface area (Å²) in [5, 5.41) is 0. The molecular formula is C19H18F2N2O5S. The predicted octanol–water partition coefficient (Wildman–Crippen LogP) is 2.47. The smallest absolute Gasteiger partial charge is 0.409 e. The summed E-state index contributed by atoms with van der Waals surface area (Å²) in [4.78, 5) is 13.6. The van der Waals surface area contributed by atoms with Gasteiger partial charge in [0, 0.05) is 6.54 Å². The molecule has 0 bridgehead atoms. The summed E-state index contributed by atoms with van der Waals surface area (Å²) in [5.74, 6) is -3.29. The number of ether oxygens (including phenoxy) is 1. The number of carbonyl (C=O) groups is 1. The lowest BCUT2D eigenvalue weighted by Crippen LogP contribution is -2.53. The fourth-order valence-electron chi connectivity index (χ4n) is 4.25. The Bertz CT molecular complexity index is 1060. The first-order chi connectivity index (χ1) is 13.8. The van der Waals surface area contributed by atoms with Crippen molar-refractivity contribution in [2.24, 2.45) is 0 Å². The maximum absolute atomic E-state index is 13.9. The van der Waals surface area contributed by atoms with Gasteiger partial charge in [0.2, 0.25) is 5.75 Å². The van der Waals surface area contributed by atoms with Gasteiger partial charge < -0.3 is 13.8 Å². The minimum absolute atomic E-state index is 0.252. The molecule has 0 aromatic heterocycles. The molecule has 2 aliphatic rings. The molecule has 0 spiro atoms. The minimum Gasteiger partial charge on any atom is -0.453 e. The van der Waals surface area contributed by atoms with Crippen molar-refractivity contribution < 1.29 is 30.9 Å². The van der Waals surface area contributed by atoms with E-state index in [9.17, 15) is 22.0 Å². The first-order valence-corrected chi connectivity index (χ1v) is 10.3. The van der Waals surface area contributed by atoms with Crippen LogP contribution in [0.3, 0.4) is 0 Å². The van der Waals surface area contributed by atoms with Gasteiger partial charge in [0.15, 0.2) is 11.6 Å². The lowest BCUT2D eigenvalue weighted by atomic mass is 9.89. The first kappa shape index (κ1) is 19.6. The molecule has 2 aromatic rings. The summed E-state index contributed by atoms with van der Waals surface area (Å²) in [6, 6.07) is 9.52. The van der Waals surface area contributed by atoms with Crippen LogP contribution in [0.1, 0.15) is 17.5 Å². The van der Waals surface area contributed by atoms with Crippen LogP contribution in [0.15, 0.2) is 42.5 Å². The number of para-hydroxylation sites is 1. The Morgan fingerprint density at radius 1 is 1.17 bits per heavy atom. The average molecular weight is 424 g/mol. The lowest BCUT2D eigenvalue weighted by Gasteiger charge is -2.32. The van der Waals surface area contributed by atoms with Gasteiger partial charge in [-0.2, -0.15) is 13.1 Å². The molecule has 10 heteroatoms. The van der Waals surface area contributed by atoms with Crippen LogP contribution in [0.4, 0.5) is 13.6 Å². The highest BCUT2D eigenvalue weighted by molar-refractivity contribution is 7.85. The van der Waals surface area contributed by atoms with Crippen LogP contribution in [-0.4, -0.2) is 39.1 Å². The summed E-state index contributed by atoms with van der Waals surface area (Å²) in [5.41, 5.74) is 0.370. The van der Waals surface area contributed by atoms with Gasteiger partial charge in [-0.1, -0.05) is 30.3 Å². The molecule has 29 heavy (non-hydrogen) atoms. The zero-order valence-electron chi connectivity index (χ0n) is 15.4. The molecule has 2 aromatic carbocycles. The molecule has 1 heterocycles. The van der Waals surface area contributed by atoms with E-state index in [2.05, 4.69) is 4.72 Å². The summed E-state index contributed by atoms with van der Waals surface area (Å²) in [7, 11) is -3.39. The van der Waals surface area contributed by atoms with Crippen LogP contribution in [-0.2, 0) is 27.0 Å². The molecule has 154 valence electrons. The van der Waals surface area contributed by atoms with Gasteiger partial charge in [0.1, 0.15) is 0 Å². The fraction of sp³-hybridized carbons (Fsp3) is 0.316. The van der Waals surface area contributed by atoms with Crippen molar-refractivity contribution in [3.63, 3.8) is 0 Å². The van der Waals surface area contributed by atoms with Crippen LogP contribution < -0.4 is 8.91 Å². The standard InChI is InChI=1S/C19H18F2N2O5S/c1-27-18(24)23-10-9-19(13-6-3-2-5-12(13)11-16(19)23)22-29(25,26)28-17-14(20)7-4-8-15(17)21/h2-8,16,22H,9-11H2,1H3/t16-,19-/m0/s1. The van der Waals surface area contributed by atoms with E-state index in [1.165, 1.54) is 12.0 Å². The van der Waals surface area contributed by atoms with Crippen LogP contribution >= 0.6 is 0 Å². The molecular weight excluding hydrogens is 406 g/mol.